The minimum absolute atomic E-state index is 0.0316. The molecule has 0 fully saturated rings. The van der Waals surface area contributed by atoms with E-state index in [-0.39, 0.29) is 6.04 Å². The average molecular weight is 265 g/mol. The van der Waals surface area contributed by atoms with Crippen molar-refractivity contribution in [1.29, 1.82) is 0 Å². The normalized spacial score (nSPS) is 19.3. The van der Waals surface area contributed by atoms with Crippen molar-refractivity contribution >= 4 is 10.8 Å². The minimum atomic E-state index is -0.953. The Morgan fingerprint density at radius 3 is 2.78 bits per heavy atom. The Hall–Kier alpha value is -0.670. The van der Waals surface area contributed by atoms with E-state index in [1.165, 1.54) is 24.0 Å². The molecule has 3 atom stereocenters. The van der Waals surface area contributed by atoms with E-state index in [1.807, 2.05) is 6.07 Å². The molecule has 2 N–H and O–H groups in total. The van der Waals surface area contributed by atoms with Gasteiger partial charge >= 0.3 is 0 Å². The summed E-state index contributed by atoms with van der Waals surface area (Å²) in [7, 11) is -0.953. The van der Waals surface area contributed by atoms with Crippen LogP contribution in [0.4, 0.5) is 0 Å². The molecular weight excluding hydrogens is 242 g/mol. The van der Waals surface area contributed by atoms with Gasteiger partial charge in [-0.05, 0) is 48.4 Å². The highest BCUT2D eigenvalue weighted by Crippen LogP contribution is 2.24. The van der Waals surface area contributed by atoms with Crippen molar-refractivity contribution in [3.05, 3.63) is 29.3 Å². The summed E-state index contributed by atoms with van der Waals surface area (Å²) >= 11 is 0. The first-order valence-corrected chi connectivity index (χ1v) is 8.19. The third-order valence-corrected chi connectivity index (χ3v) is 5.52. The third-order valence-electron chi connectivity index (χ3n) is 4.05. The van der Waals surface area contributed by atoms with Gasteiger partial charge in [-0.3, -0.25) is 4.21 Å². The van der Waals surface area contributed by atoms with Crippen molar-refractivity contribution in [2.24, 2.45) is 11.7 Å². The van der Waals surface area contributed by atoms with Crippen molar-refractivity contribution in [3.63, 3.8) is 0 Å². The monoisotopic (exact) mass is 265 g/mol. The van der Waals surface area contributed by atoms with Crippen LogP contribution in [0.15, 0.2) is 23.1 Å². The molecule has 3 unspecified atom stereocenters. The zero-order valence-electron chi connectivity index (χ0n) is 11.3. The average Bonchev–Trinajstić information content (AvgIpc) is 2.84. The maximum absolute atomic E-state index is 12.3. The van der Waals surface area contributed by atoms with Gasteiger partial charge in [0.25, 0.3) is 0 Å². The molecule has 0 amide bonds. The Morgan fingerprint density at radius 2 is 2.06 bits per heavy atom. The number of rotatable bonds is 5. The lowest BCUT2D eigenvalue weighted by Gasteiger charge is -2.17. The maximum atomic E-state index is 12.3. The van der Waals surface area contributed by atoms with E-state index in [1.54, 1.807) is 0 Å². The number of nitrogens with two attached hydrogens (primary N) is 1. The first-order valence-electron chi connectivity index (χ1n) is 6.87. The summed E-state index contributed by atoms with van der Waals surface area (Å²) in [5.41, 5.74) is 8.91. The highest BCUT2D eigenvalue weighted by molar-refractivity contribution is 7.85. The fourth-order valence-corrected chi connectivity index (χ4v) is 3.79. The molecule has 0 radical (unpaired) electrons. The molecule has 3 heteroatoms. The van der Waals surface area contributed by atoms with Gasteiger partial charge < -0.3 is 5.73 Å². The lowest BCUT2D eigenvalue weighted by atomic mass is 10.0. The van der Waals surface area contributed by atoms with Gasteiger partial charge in [-0.25, -0.2) is 0 Å². The van der Waals surface area contributed by atoms with Crippen molar-refractivity contribution in [2.75, 3.05) is 5.75 Å². The summed E-state index contributed by atoms with van der Waals surface area (Å²) < 4.78 is 12.3. The summed E-state index contributed by atoms with van der Waals surface area (Å²) in [5.74, 6) is 1.01. The maximum Gasteiger partial charge on any atom is 0.0545 e. The lowest BCUT2D eigenvalue weighted by Crippen LogP contribution is -2.33. The van der Waals surface area contributed by atoms with Crippen molar-refractivity contribution in [2.45, 2.75) is 50.5 Å². The van der Waals surface area contributed by atoms with Crippen LogP contribution < -0.4 is 5.73 Å². The fourth-order valence-electron chi connectivity index (χ4n) is 2.43. The van der Waals surface area contributed by atoms with E-state index in [2.05, 4.69) is 26.0 Å². The number of aryl methyl sites for hydroxylation is 2. The van der Waals surface area contributed by atoms with Gasteiger partial charge in [-0.1, -0.05) is 26.3 Å². The first kappa shape index (κ1) is 13.8. The van der Waals surface area contributed by atoms with E-state index in [4.69, 9.17) is 5.73 Å². The molecule has 2 nitrogen and oxygen atoms in total. The molecule has 1 aliphatic rings. The molecule has 1 aromatic rings. The molecule has 0 saturated carbocycles. The van der Waals surface area contributed by atoms with E-state index in [9.17, 15) is 4.21 Å². The van der Waals surface area contributed by atoms with Crippen LogP contribution in [0.25, 0.3) is 0 Å². The smallest absolute Gasteiger partial charge is 0.0545 e. The second-order valence-corrected chi connectivity index (χ2v) is 6.84. The quantitative estimate of drug-likeness (QED) is 0.889. The second-order valence-electron chi connectivity index (χ2n) is 5.35. The van der Waals surface area contributed by atoms with Gasteiger partial charge in [0, 0.05) is 16.7 Å². The molecule has 0 aromatic heterocycles. The Kier molecular flexibility index (Phi) is 4.57. The van der Waals surface area contributed by atoms with Gasteiger partial charge in [-0.15, -0.1) is 0 Å². The van der Waals surface area contributed by atoms with Crippen LogP contribution in [-0.2, 0) is 23.6 Å². The van der Waals surface area contributed by atoms with Crippen LogP contribution in [0.2, 0.25) is 0 Å². The number of fused-ring (bicyclic) bond motifs is 1. The Labute approximate surface area is 112 Å². The van der Waals surface area contributed by atoms with Crippen molar-refractivity contribution in [3.8, 4) is 0 Å². The van der Waals surface area contributed by atoms with Gasteiger partial charge in [0.2, 0.25) is 0 Å². The topological polar surface area (TPSA) is 43.1 Å². The summed E-state index contributed by atoms with van der Waals surface area (Å²) in [4.78, 5) is 0.953. The zero-order valence-corrected chi connectivity index (χ0v) is 12.1. The van der Waals surface area contributed by atoms with Crippen LogP contribution in [0.3, 0.4) is 0 Å². The first-order chi connectivity index (χ1) is 8.61. The van der Waals surface area contributed by atoms with Crippen LogP contribution in [-0.4, -0.2) is 16.0 Å². The Bertz CT molecular complexity index is 444. The molecule has 18 heavy (non-hydrogen) atoms. The molecule has 1 aliphatic carbocycles. The SMILES string of the molecule is CCC(C)C(N)CS(=O)c1ccc2c(c1)CCC2. The summed E-state index contributed by atoms with van der Waals surface area (Å²) in [5, 5.41) is 0. The summed E-state index contributed by atoms with van der Waals surface area (Å²) in [6.07, 6.45) is 4.59. The van der Waals surface area contributed by atoms with E-state index >= 15 is 0 Å². The largest absolute Gasteiger partial charge is 0.327 e. The highest BCUT2D eigenvalue weighted by Gasteiger charge is 2.17. The van der Waals surface area contributed by atoms with Gasteiger partial charge in [-0.2, -0.15) is 0 Å². The van der Waals surface area contributed by atoms with E-state index in [0.717, 1.165) is 17.7 Å². The second kappa shape index (κ2) is 5.98. The third kappa shape index (κ3) is 3.01. The lowest BCUT2D eigenvalue weighted by molar-refractivity contribution is 0.472. The van der Waals surface area contributed by atoms with E-state index in [0.29, 0.717) is 11.7 Å². The predicted octanol–water partition coefficient (Wildman–Crippen LogP) is 2.66. The molecular formula is C15H23NOS. The zero-order chi connectivity index (χ0) is 13.1. The molecule has 100 valence electrons. The standard InChI is InChI=1S/C15H23NOS/c1-3-11(2)15(16)10-18(17)14-8-7-12-5-4-6-13(12)9-14/h7-9,11,15H,3-6,10,16H2,1-2H3. The number of benzene rings is 1. The van der Waals surface area contributed by atoms with Crippen LogP contribution in [0.5, 0.6) is 0 Å². The molecule has 1 aromatic carbocycles. The minimum Gasteiger partial charge on any atom is -0.327 e. The fraction of sp³-hybridized carbons (Fsp3) is 0.600. The van der Waals surface area contributed by atoms with E-state index < -0.39 is 10.8 Å². The van der Waals surface area contributed by atoms with Gasteiger partial charge in [0.15, 0.2) is 0 Å². The predicted molar refractivity (Wildman–Crippen MR) is 77.2 cm³/mol. The number of hydrogen-bond acceptors (Lipinski definition) is 2. The number of hydrogen-bond donors (Lipinski definition) is 1. The molecule has 0 aliphatic heterocycles. The molecule has 2 rings (SSSR count). The van der Waals surface area contributed by atoms with Crippen molar-refractivity contribution < 1.29 is 4.21 Å². The molecule has 0 bridgehead atoms. The Morgan fingerprint density at radius 1 is 1.33 bits per heavy atom. The van der Waals surface area contributed by atoms with Gasteiger partial charge in [0.1, 0.15) is 0 Å². The van der Waals surface area contributed by atoms with Crippen LogP contribution in [0, 0.1) is 5.92 Å². The van der Waals surface area contributed by atoms with Crippen LogP contribution in [0.1, 0.15) is 37.8 Å². The molecule has 0 saturated heterocycles. The molecule has 0 spiro atoms. The van der Waals surface area contributed by atoms with Crippen molar-refractivity contribution in [1.82, 2.24) is 0 Å². The highest BCUT2D eigenvalue weighted by atomic mass is 32.2. The van der Waals surface area contributed by atoms with Crippen LogP contribution >= 0.6 is 0 Å². The van der Waals surface area contributed by atoms with Gasteiger partial charge in [0.05, 0.1) is 10.8 Å². The summed E-state index contributed by atoms with van der Waals surface area (Å²) in [6, 6.07) is 6.32. The Balaban J connectivity index is 2.05. The summed E-state index contributed by atoms with van der Waals surface area (Å²) in [6.45, 7) is 4.26. The molecule has 0 heterocycles.